The Bertz CT molecular complexity index is 451. The minimum absolute atomic E-state index is 0.137. The Hall–Kier alpha value is -1.51. The number of aryl methyl sites for hydroxylation is 1. The second kappa shape index (κ2) is 4.63. The van der Waals surface area contributed by atoms with E-state index in [1.54, 1.807) is 7.11 Å². The highest BCUT2D eigenvalue weighted by atomic mass is 16.5. The average molecular weight is 245 g/mol. The van der Waals surface area contributed by atoms with Crippen LogP contribution in [0.1, 0.15) is 42.9 Å². The van der Waals surface area contributed by atoms with Crippen LogP contribution in [-0.4, -0.2) is 13.0 Å². The molecule has 3 heteroatoms. The predicted molar refractivity (Wildman–Crippen MR) is 69.5 cm³/mol. The molecule has 3 nitrogen and oxygen atoms in total. The van der Waals surface area contributed by atoms with Gasteiger partial charge in [-0.05, 0) is 43.7 Å². The van der Waals surface area contributed by atoms with Crippen molar-refractivity contribution in [1.82, 2.24) is 5.32 Å². The van der Waals surface area contributed by atoms with E-state index in [0.717, 1.165) is 37.9 Å². The van der Waals surface area contributed by atoms with E-state index < -0.39 is 0 Å². The first-order valence-corrected chi connectivity index (χ1v) is 6.75. The molecule has 2 aliphatic carbocycles. The fourth-order valence-corrected chi connectivity index (χ4v) is 2.80. The van der Waals surface area contributed by atoms with E-state index in [9.17, 15) is 4.79 Å². The molecule has 0 radical (unpaired) electrons. The summed E-state index contributed by atoms with van der Waals surface area (Å²) in [4.78, 5) is 11.9. The summed E-state index contributed by atoms with van der Waals surface area (Å²) in [7, 11) is 1.70. The maximum Gasteiger partial charge on any atom is 0.223 e. The summed E-state index contributed by atoms with van der Waals surface area (Å²) in [5, 5.41) is 3.19. The van der Waals surface area contributed by atoms with Gasteiger partial charge in [0.15, 0.2) is 0 Å². The minimum Gasteiger partial charge on any atom is -0.496 e. The van der Waals surface area contributed by atoms with Gasteiger partial charge in [0.2, 0.25) is 5.91 Å². The van der Waals surface area contributed by atoms with Crippen molar-refractivity contribution in [3.63, 3.8) is 0 Å². The summed E-state index contributed by atoms with van der Waals surface area (Å²) in [6.07, 6.45) is 5.35. The summed E-state index contributed by atoms with van der Waals surface area (Å²) in [5.41, 5.74) is 2.52. The number of ether oxygens (including phenoxy) is 1. The van der Waals surface area contributed by atoms with Gasteiger partial charge in [-0.2, -0.15) is 0 Å². The topological polar surface area (TPSA) is 38.3 Å². The summed E-state index contributed by atoms with van der Waals surface area (Å²) < 4.78 is 5.45. The Labute approximate surface area is 108 Å². The van der Waals surface area contributed by atoms with Gasteiger partial charge in [-0.15, -0.1) is 0 Å². The number of hydrogen-bond donors (Lipinski definition) is 1. The zero-order chi connectivity index (χ0) is 12.5. The SMILES string of the molecule is COc1cccc2c1C(NC(=O)C1CC1)CCC2. The minimum atomic E-state index is 0.137. The standard InChI is InChI=1S/C15H19NO2/c1-18-13-7-3-5-10-4-2-6-12(14(10)13)16-15(17)11-8-9-11/h3,5,7,11-12H,2,4,6,8-9H2,1H3,(H,16,17). The number of amides is 1. The third-order valence-electron chi connectivity index (χ3n) is 3.93. The van der Waals surface area contributed by atoms with Crippen molar-refractivity contribution in [3.05, 3.63) is 29.3 Å². The van der Waals surface area contributed by atoms with E-state index in [-0.39, 0.29) is 17.9 Å². The monoisotopic (exact) mass is 245 g/mol. The van der Waals surface area contributed by atoms with Gasteiger partial charge in [0.05, 0.1) is 13.2 Å². The Kier molecular flexibility index (Phi) is 2.98. The van der Waals surface area contributed by atoms with Crippen LogP contribution >= 0.6 is 0 Å². The molecule has 0 heterocycles. The van der Waals surface area contributed by atoms with Crippen molar-refractivity contribution in [2.75, 3.05) is 7.11 Å². The maximum absolute atomic E-state index is 11.9. The number of hydrogen-bond acceptors (Lipinski definition) is 2. The van der Waals surface area contributed by atoms with Crippen LogP contribution in [0.25, 0.3) is 0 Å². The van der Waals surface area contributed by atoms with Crippen LogP contribution in [-0.2, 0) is 11.2 Å². The van der Waals surface area contributed by atoms with Crippen molar-refractivity contribution in [1.29, 1.82) is 0 Å². The summed E-state index contributed by atoms with van der Waals surface area (Å²) in [6, 6.07) is 6.30. The zero-order valence-electron chi connectivity index (χ0n) is 10.7. The fourth-order valence-electron chi connectivity index (χ4n) is 2.80. The molecule has 1 fully saturated rings. The van der Waals surface area contributed by atoms with Crippen molar-refractivity contribution >= 4 is 5.91 Å². The number of benzene rings is 1. The van der Waals surface area contributed by atoms with E-state index in [4.69, 9.17) is 4.74 Å². The van der Waals surface area contributed by atoms with E-state index in [1.165, 1.54) is 11.1 Å². The summed E-state index contributed by atoms with van der Waals surface area (Å²) in [5.74, 6) is 1.40. The van der Waals surface area contributed by atoms with Gasteiger partial charge >= 0.3 is 0 Å². The van der Waals surface area contributed by atoms with Gasteiger partial charge in [-0.1, -0.05) is 12.1 Å². The van der Waals surface area contributed by atoms with Crippen LogP contribution in [0.5, 0.6) is 5.75 Å². The van der Waals surface area contributed by atoms with Crippen molar-refractivity contribution in [2.24, 2.45) is 5.92 Å². The summed E-state index contributed by atoms with van der Waals surface area (Å²) in [6.45, 7) is 0. The summed E-state index contributed by atoms with van der Waals surface area (Å²) >= 11 is 0. The predicted octanol–water partition coefficient (Wildman–Crippen LogP) is 2.60. The van der Waals surface area contributed by atoms with Crippen molar-refractivity contribution < 1.29 is 9.53 Å². The molecule has 0 aliphatic heterocycles. The molecule has 1 aromatic rings. The average Bonchev–Trinajstić information content (AvgIpc) is 3.22. The highest BCUT2D eigenvalue weighted by Crippen LogP contribution is 2.37. The van der Waals surface area contributed by atoms with Gasteiger partial charge in [0.25, 0.3) is 0 Å². The van der Waals surface area contributed by atoms with Crippen LogP contribution in [0.3, 0.4) is 0 Å². The number of methoxy groups -OCH3 is 1. The Balaban J connectivity index is 1.87. The molecule has 1 saturated carbocycles. The third-order valence-corrected chi connectivity index (χ3v) is 3.93. The Morgan fingerprint density at radius 1 is 1.33 bits per heavy atom. The lowest BCUT2D eigenvalue weighted by molar-refractivity contribution is -0.123. The highest BCUT2D eigenvalue weighted by molar-refractivity contribution is 5.81. The smallest absolute Gasteiger partial charge is 0.223 e. The molecule has 0 spiro atoms. The first kappa shape index (κ1) is 11.6. The van der Waals surface area contributed by atoms with E-state index >= 15 is 0 Å². The molecule has 2 aliphatic rings. The zero-order valence-corrected chi connectivity index (χ0v) is 10.7. The quantitative estimate of drug-likeness (QED) is 0.889. The lowest BCUT2D eigenvalue weighted by atomic mass is 9.87. The van der Waals surface area contributed by atoms with Crippen molar-refractivity contribution in [2.45, 2.75) is 38.1 Å². The molecule has 1 atom stereocenters. The largest absolute Gasteiger partial charge is 0.496 e. The lowest BCUT2D eigenvalue weighted by Gasteiger charge is -2.28. The second-order valence-electron chi connectivity index (χ2n) is 5.26. The van der Waals surface area contributed by atoms with Crippen LogP contribution in [0.4, 0.5) is 0 Å². The molecule has 1 unspecified atom stereocenters. The molecule has 0 bridgehead atoms. The molecule has 0 saturated heterocycles. The molecule has 18 heavy (non-hydrogen) atoms. The number of nitrogens with one attached hydrogen (secondary N) is 1. The molecular weight excluding hydrogens is 226 g/mol. The molecule has 1 N–H and O–H groups in total. The Morgan fingerprint density at radius 2 is 2.17 bits per heavy atom. The first-order valence-electron chi connectivity index (χ1n) is 6.75. The molecular formula is C15H19NO2. The number of rotatable bonds is 3. The number of carbonyl (C=O) groups is 1. The highest BCUT2D eigenvalue weighted by Gasteiger charge is 2.33. The normalized spacial score (nSPS) is 22.2. The van der Waals surface area contributed by atoms with Gasteiger partial charge in [-0.3, -0.25) is 4.79 Å². The maximum atomic E-state index is 11.9. The Morgan fingerprint density at radius 3 is 2.89 bits per heavy atom. The molecule has 3 rings (SSSR count). The third kappa shape index (κ3) is 2.09. The van der Waals surface area contributed by atoms with Gasteiger partial charge in [0, 0.05) is 11.5 Å². The molecule has 0 aromatic heterocycles. The van der Waals surface area contributed by atoms with Crippen LogP contribution in [0.15, 0.2) is 18.2 Å². The first-order chi connectivity index (χ1) is 8.79. The number of fused-ring (bicyclic) bond motifs is 1. The second-order valence-corrected chi connectivity index (χ2v) is 5.26. The molecule has 96 valence electrons. The lowest BCUT2D eigenvalue weighted by Crippen LogP contribution is -2.32. The van der Waals surface area contributed by atoms with Gasteiger partial charge < -0.3 is 10.1 Å². The van der Waals surface area contributed by atoms with E-state index in [2.05, 4.69) is 11.4 Å². The van der Waals surface area contributed by atoms with Crippen molar-refractivity contribution in [3.8, 4) is 5.75 Å². The fraction of sp³-hybridized carbons (Fsp3) is 0.533. The van der Waals surface area contributed by atoms with E-state index in [1.807, 2.05) is 12.1 Å². The van der Waals surface area contributed by atoms with E-state index in [0.29, 0.717) is 0 Å². The van der Waals surface area contributed by atoms with Crippen LogP contribution < -0.4 is 10.1 Å². The molecule has 1 aromatic carbocycles. The van der Waals surface area contributed by atoms with Crippen LogP contribution in [0, 0.1) is 5.92 Å². The molecule has 1 amide bonds. The van der Waals surface area contributed by atoms with Gasteiger partial charge in [0.1, 0.15) is 5.75 Å². The van der Waals surface area contributed by atoms with Gasteiger partial charge in [-0.25, -0.2) is 0 Å². The number of carbonyl (C=O) groups excluding carboxylic acids is 1. The van der Waals surface area contributed by atoms with Crippen LogP contribution in [0.2, 0.25) is 0 Å².